The lowest BCUT2D eigenvalue weighted by Gasteiger charge is -2.20. The Kier molecular flexibility index (Phi) is 4.49. The van der Waals surface area contributed by atoms with E-state index in [4.69, 9.17) is 4.74 Å². The number of fused-ring (bicyclic) bond motifs is 1. The number of ether oxygens (including phenoxy) is 1. The van der Waals surface area contributed by atoms with Crippen LogP contribution < -0.4 is 5.43 Å². The normalized spacial score (nSPS) is 13.7. The van der Waals surface area contributed by atoms with Crippen LogP contribution in [0.5, 0.6) is 0 Å². The van der Waals surface area contributed by atoms with Crippen molar-refractivity contribution in [3.05, 3.63) is 63.3 Å². The summed E-state index contributed by atoms with van der Waals surface area (Å²) in [6.45, 7) is 5.59. The van der Waals surface area contributed by atoms with Crippen molar-refractivity contribution in [2.75, 3.05) is 6.61 Å². The molecule has 0 unspecified atom stereocenters. The van der Waals surface area contributed by atoms with Gasteiger partial charge in [-0.3, -0.25) is 9.78 Å². The Morgan fingerprint density at radius 1 is 1.21 bits per heavy atom. The van der Waals surface area contributed by atoms with Gasteiger partial charge in [0.25, 0.3) is 0 Å². The van der Waals surface area contributed by atoms with E-state index in [0.717, 1.165) is 29.8 Å². The maximum Gasteiger partial charge on any atom is 0.344 e. The second-order valence-electron chi connectivity index (χ2n) is 7.17. The molecule has 2 heterocycles. The number of carbonyl (C=O) groups is 1. The second-order valence-corrected chi connectivity index (χ2v) is 7.17. The summed E-state index contributed by atoms with van der Waals surface area (Å²) in [7, 11) is 0. The van der Waals surface area contributed by atoms with E-state index in [1.165, 1.54) is 12.1 Å². The van der Waals surface area contributed by atoms with Gasteiger partial charge in [-0.2, -0.15) is 0 Å². The minimum absolute atomic E-state index is 0.0446. The van der Waals surface area contributed by atoms with Gasteiger partial charge in [0.15, 0.2) is 0 Å². The quantitative estimate of drug-likeness (QED) is 0.632. The SMILES string of the molecule is CCOC(=O)c1c(-c2cc(C)nc(C)c2)n(C2CC2)c2ccc(F)cc2c1=O. The highest BCUT2D eigenvalue weighted by molar-refractivity contribution is 6.01. The molecule has 1 fully saturated rings. The van der Waals surface area contributed by atoms with Gasteiger partial charge in [0.05, 0.1) is 17.8 Å². The number of esters is 1. The summed E-state index contributed by atoms with van der Waals surface area (Å²) in [5.41, 5.74) is 2.92. The first kappa shape index (κ1) is 18.3. The maximum atomic E-state index is 13.9. The number of hydrogen-bond acceptors (Lipinski definition) is 4. The summed E-state index contributed by atoms with van der Waals surface area (Å²) >= 11 is 0. The summed E-state index contributed by atoms with van der Waals surface area (Å²) in [5, 5.41) is 0.196. The van der Waals surface area contributed by atoms with Crippen LogP contribution in [0.25, 0.3) is 22.2 Å². The van der Waals surface area contributed by atoms with E-state index in [0.29, 0.717) is 11.2 Å². The molecule has 2 aromatic heterocycles. The number of halogens is 1. The third kappa shape index (κ3) is 3.09. The summed E-state index contributed by atoms with van der Waals surface area (Å²) in [6.07, 6.45) is 1.88. The lowest BCUT2D eigenvalue weighted by Crippen LogP contribution is -2.24. The topological polar surface area (TPSA) is 61.2 Å². The zero-order chi connectivity index (χ0) is 20.0. The molecule has 28 heavy (non-hydrogen) atoms. The standard InChI is InChI=1S/C22H21FN2O3/c1-4-28-22(27)19-20(14-9-12(2)24-13(3)10-14)25(16-6-7-16)18-8-5-15(23)11-17(18)21(19)26/h5,8-11,16H,4,6-7H2,1-3H3. The first-order valence-electron chi connectivity index (χ1n) is 9.41. The largest absolute Gasteiger partial charge is 0.462 e. The van der Waals surface area contributed by atoms with Gasteiger partial charge in [-0.15, -0.1) is 0 Å². The lowest BCUT2D eigenvalue weighted by molar-refractivity contribution is 0.0525. The zero-order valence-electron chi connectivity index (χ0n) is 16.1. The molecule has 1 aromatic carbocycles. The van der Waals surface area contributed by atoms with Crippen molar-refractivity contribution >= 4 is 16.9 Å². The fourth-order valence-electron chi connectivity index (χ4n) is 3.74. The van der Waals surface area contributed by atoms with Crippen LogP contribution in [0.1, 0.15) is 47.6 Å². The van der Waals surface area contributed by atoms with Gasteiger partial charge in [-0.25, -0.2) is 9.18 Å². The number of pyridine rings is 2. The average molecular weight is 380 g/mol. The molecule has 0 saturated heterocycles. The van der Waals surface area contributed by atoms with Gasteiger partial charge < -0.3 is 9.30 Å². The molecule has 0 N–H and O–H groups in total. The summed E-state index contributed by atoms with van der Waals surface area (Å²) < 4.78 is 21.1. The monoisotopic (exact) mass is 380 g/mol. The Bertz CT molecular complexity index is 1140. The molecule has 0 aliphatic heterocycles. The van der Waals surface area contributed by atoms with E-state index in [-0.39, 0.29) is 23.6 Å². The molecule has 1 aliphatic carbocycles. The van der Waals surface area contributed by atoms with Crippen LogP contribution in [0.4, 0.5) is 4.39 Å². The Balaban J connectivity index is 2.18. The number of aromatic nitrogens is 2. The van der Waals surface area contributed by atoms with E-state index in [1.54, 1.807) is 13.0 Å². The van der Waals surface area contributed by atoms with Crippen molar-refractivity contribution in [3.63, 3.8) is 0 Å². The molecule has 4 rings (SSSR count). The molecule has 0 radical (unpaired) electrons. The maximum absolute atomic E-state index is 13.9. The molecular weight excluding hydrogens is 359 g/mol. The lowest BCUT2D eigenvalue weighted by atomic mass is 10.0. The summed E-state index contributed by atoms with van der Waals surface area (Å²) in [5.74, 6) is -1.19. The highest BCUT2D eigenvalue weighted by atomic mass is 19.1. The minimum Gasteiger partial charge on any atom is -0.462 e. The number of hydrogen-bond donors (Lipinski definition) is 0. The van der Waals surface area contributed by atoms with Crippen LogP contribution in [0.3, 0.4) is 0 Å². The Morgan fingerprint density at radius 3 is 2.50 bits per heavy atom. The summed E-state index contributed by atoms with van der Waals surface area (Å²) in [6, 6.07) is 8.04. The molecule has 0 atom stereocenters. The zero-order valence-corrected chi connectivity index (χ0v) is 16.1. The van der Waals surface area contributed by atoms with Gasteiger partial charge in [0.2, 0.25) is 5.43 Å². The fourth-order valence-corrected chi connectivity index (χ4v) is 3.74. The molecule has 1 aliphatic rings. The molecule has 0 bridgehead atoms. The highest BCUT2D eigenvalue weighted by Gasteiger charge is 2.32. The predicted octanol–water partition coefficient (Wildman–Crippen LogP) is 4.33. The number of carbonyl (C=O) groups excluding carboxylic acids is 1. The van der Waals surface area contributed by atoms with Crippen LogP contribution in [-0.2, 0) is 4.74 Å². The van der Waals surface area contributed by atoms with Gasteiger partial charge >= 0.3 is 5.97 Å². The van der Waals surface area contributed by atoms with E-state index >= 15 is 0 Å². The minimum atomic E-state index is -0.685. The third-order valence-corrected chi connectivity index (χ3v) is 4.91. The van der Waals surface area contributed by atoms with Crippen molar-refractivity contribution in [1.29, 1.82) is 0 Å². The molecule has 0 amide bonds. The third-order valence-electron chi connectivity index (χ3n) is 4.91. The molecule has 1 saturated carbocycles. The van der Waals surface area contributed by atoms with E-state index in [1.807, 2.05) is 30.5 Å². The van der Waals surface area contributed by atoms with Crippen LogP contribution in [0.15, 0.2) is 35.1 Å². The van der Waals surface area contributed by atoms with Gasteiger partial charge in [-0.05, 0) is 63.9 Å². The van der Waals surface area contributed by atoms with Crippen molar-refractivity contribution in [2.45, 2.75) is 39.7 Å². The van der Waals surface area contributed by atoms with E-state index < -0.39 is 17.2 Å². The number of aryl methyl sites for hydroxylation is 2. The average Bonchev–Trinajstić information content (AvgIpc) is 3.46. The molecule has 0 spiro atoms. The molecule has 3 aromatic rings. The molecule has 5 nitrogen and oxygen atoms in total. The molecule has 144 valence electrons. The Hall–Kier alpha value is -3.02. The van der Waals surface area contributed by atoms with Crippen molar-refractivity contribution < 1.29 is 13.9 Å². The smallest absolute Gasteiger partial charge is 0.344 e. The van der Waals surface area contributed by atoms with Crippen LogP contribution in [-0.4, -0.2) is 22.1 Å². The number of benzene rings is 1. The van der Waals surface area contributed by atoms with Gasteiger partial charge in [-0.1, -0.05) is 0 Å². The summed E-state index contributed by atoms with van der Waals surface area (Å²) in [4.78, 5) is 30.5. The van der Waals surface area contributed by atoms with Crippen LogP contribution in [0, 0.1) is 19.7 Å². The second kappa shape index (κ2) is 6.86. The highest BCUT2D eigenvalue weighted by Crippen LogP contribution is 2.42. The Labute approximate surface area is 161 Å². The van der Waals surface area contributed by atoms with Gasteiger partial charge in [0.1, 0.15) is 11.4 Å². The van der Waals surface area contributed by atoms with Crippen molar-refractivity contribution in [2.24, 2.45) is 0 Å². The van der Waals surface area contributed by atoms with E-state index in [2.05, 4.69) is 4.98 Å². The van der Waals surface area contributed by atoms with E-state index in [9.17, 15) is 14.0 Å². The first-order chi connectivity index (χ1) is 13.4. The van der Waals surface area contributed by atoms with Gasteiger partial charge in [0, 0.05) is 28.4 Å². The first-order valence-corrected chi connectivity index (χ1v) is 9.41. The molecular formula is C22H21FN2O3. The molecule has 6 heteroatoms. The van der Waals surface area contributed by atoms with Crippen LogP contribution in [0.2, 0.25) is 0 Å². The van der Waals surface area contributed by atoms with Crippen molar-refractivity contribution in [3.8, 4) is 11.3 Å². The number of nitrogens with zero attached hydrogens (tertiary/aromatic N) is 2. The fraction of sp³-hybridized carbons (Fsp3) is 0.318. The Morgan fingerprint density at radius 2 is 1.89 bits per heavy atom. The predicted molar refractivity (Wildman–Crippen MR) is 105 cm³/mol. The number of rotatable bonds is 4. The van der Waals surface area contributed by atoms with Crippen LogP contribution >= 0.6 is 0 Å². The van der Waals surface area contributed by atoms with Crippen molar-refractivity contribution in [1.82, 2.24) is 9.55 Å².